The number of nitrogens with zero attached hydrogens (tertiary/aromatic N) is 2. The van der Waals surface area contributed by atoms with Crippen LogP contribution in [0.4, 0.5) is 10.5 Å². The molecule has 4 aromatic rings. The number of fused-ring (bicyclic) bond motifs is 3. The van der Waals surface area contributed by atoms with Gasteiger partial charge < -0.3 is 19.5 Å². The molecule has 1 aliphatic heterocycles. The van der Waals surface area contributed by atoms with E-state index in [1.54, 1.807) is 0 Å². The van der Waals surface area contributed by atoms with Crippen molar-refractivity contribution in [3.8, 4) is 11.4 Å². The predicted molar refractivity (Wildman–Crippen MR) is 131 cm³/mol. The maximum atomic E-state index is 13.7. The first-order valence-corrected chi connectivity index (χ1v) is 11.3. The molecular weight excluding hydrogens is 410 g/mol. The molecule has 0 saturated heterocycles. The molecule has 33 heavy (non-hydrogen) atoms. The van der Waals surface area contributed by atoms with Crippen molar-refractivity contribution in [1.29, 1.82) is 0 Å². The van der Waals surface area contributed by atoms with E-state index in [0.717, 1.165) is 39.5 Å². The zero-order valence-electron chi connectivity index (χ0n) is 18.9. The van der Waals surface area contributed by atoms with Crippen molar-refractivity contribution in [3.05, 3.63) is 114 Å². The second-order valence-electron chi connectivity index (χ2n) is 8.21. The van der Waals surface area contributed by atoms with E-state index in [4.69, 9.17) is 4.74 Å². The number of hydrogen-bond acceptors (Lipinski definition) is 2. The van der Waals surface area contributed by atoms with Crippen LogP contribution in [0.5, 0.6) is 5.75 Å². The molecular formula is C28H27N3O2. The standard InChI is InChI=1S/C28H27N3O2/c1-3-33-23-16-14-21(15-17-23)27-26-13-8-18-30(26)25-12-7-5-10-22(25)19-31(27)28(32)29-24-11-6-4-9-20(24)2/h4-18,27H,3,19H2,1-2H3,(H,29,32). The summed E-state index contributed by atoms with van der Waals surface area (Å²) in [6.07, 6.45) is 2.07. The SMILES string of the molecule is CCOc1ccc(C2c3cccn3-c3ccccc3CN2C(=O)Nc2ccccc2C)cc1. The lowest BCUT2D eigenvalue weighted by Crippen LogP contribution is -2.38. The first kappa shape index (κ1) is 20.9. The monoisotopic (exact) mass is 437 g/mol. The third kappa shape index (κ3) is 3.98. The van der Waals surface area contributed by atoms with Gasteiger partial charge in [0.25, 0.3) is 0 Å². The molecule has 5 heteroatoms. The number of amides is 2. The van der Waals surface area contributed by atoms with Crippen LogP contribution in [0.3, 0.4) is 0 Å². The average molecular weight is 438 g/mol. The first-order chi connectivity index (χ1) is 16.2. The fraction of sp³-hybridized carbons (Fsp3) is 0.179. The minimum atomic E-state index is -0.257. The van der Waals surface area contributed by atoms with Crippen molar-refractivity contribution < 1.29 is 9.53 Å². The lowest BCUT2D eigenvalue weighted by atomic mass is 10.0. The summed E-state index contributed by atoms with van der Waals surface area (Å²) in [6, 6.07) is 27.9. The molecule has 0 spiro atoms. The normalized spacial score (nSPS) is 14.7. The summed E-state index contributed by atoms with van der Waals surface area (Å²) in [4.78, 5) is 15.7. The van der Waals surface area contributed by atoms with Crippen LogP contribution in [0.1, 0.15) is 35.3 Å². The van der Waals surface area contributed by atoms with Crippen molar-refractivity contribution in [3.63, 3.8) is 0 Å². The number of carbonyl (C=O) groups is 1. The van der Waals surface area contributed by atoms with Crippen LogP contribution >= 0.6 is 0 Å². The summed E-state index contributed by atoms with van der Waals surface area (Å²) in [5.74, 6) is 0.824. The largest absolute Gasteiger partial charge is 0.494 e. The van der Waals surface area contributed by atoms with E-state index in [9.17, 15) is 4.79 Å². The van der Waals surface area contributed by atoms with Crippen LogP contribution in [-0.4, -0.2) is 22.1 Å². The van der Waals surface area contributed by atoms with Gasteiger partial charge in [-0.25, -0.2) is 4.79 Å². The lowest BCUT2D eigenvalue weighted by Gasteiger charge is -2.31. The highest BCUT2D eigenvalue weighted by molar-refractivity contribution is 5.91. The molecule has 5 rings (SSSR count). The van der Waals surface area contributed by atoms with Crippen LogP contribution < -0.4 is 10.1 Å². The van der Waals surface area contributed by atoms with Crippen molar-refractivity contribution in [2.45, 2.75) is 26.4 Å². The number of urea groups is 1. The Labute approximate surface area is 194 Å². The number of ether oxygens (including phenoxy) is 1. The van der Waals surface area contributed by atoms with Gasteiger partial charge in [-0.1, -0.05) is 48.5 Å². The van der Waals surface area contributed by atoms with E-state index in [0.29, 0.717) is 13.2 Å². The Morgan fingerprint density at radius 2 is 1.73 bits per heavy atom. The Bertz CT molecular complexity index is 1280. The van der Waals surface area contributed by atoms with Gasteiger partial charge in [-0.3, -0.25) is 0 Å². The number of aryl methyl sites for hydroxylation is 1. The highest BCUT2D eigenvalue weighted by Gasteiger charge is 2.33. The van der Waals surface area contributed by atoms with Crippen molar-refractivity contribution in [1.82, 2.24) is 9.47 Å². The van der Waals surface area contributed by atoms with E-state index in [2.05, 4.69) is 46.4 Å². The second-order valence-corrected chi connectivity index (χ2v) is 8.21. The summed E-state index contributed by atoms with van der Waals surface area (Å²) in [5.41, 5.74) is 6.13. The molecule has 166 valence electrons. The fourth-order valence-electron chi connectivity index (χ4n) is 4.50. The van der Waals surface area contributed by atoms with E-state index < -0.39 is 0 Å². The number of aromatic nitrogens is 1. The predicted octanol–water partition coefficient (Wildman–Crippen LogP) is 6.32. The van der Waals surface area contributed by atoms with Crippen molar-refractivity contribution in [2.24, 2.45) is 0 Å². The molecule has 1 atom stereocenters. The lowest BCUT2D eigenvalue weighted by molar-refractivity contribution is 0.194. The average Bonchev–Trinajstić information content (AvgIpc) is 3.26. The molecule has 1 aromatic heterocycles. The molecule has 0 saturated carbocycles. The Morgan fingerprint density at radius 1 is 0.970 bits per heavy atom. The maximum absolute atomic E-state index is 13.7. The van der Waals surface area contributed by atoms with Crippen molar-refractivity contribution in [2.75, 3.05) is 11.9 Å². The van der Waals surface area contributed by atoms with Crippen LogP contribution in [0.2, 0.25) is 0 Å². The highest BCUT2D eigenvalue weighted by atomic mass is 16.5. The van der Waals surface area contributed by atoms with Crippen LogP contribution in [-0.2, 0) is 6.54 Å². The Morgan fingerprint density at radius 3 is 2.52 bits per heavy atom. The summed E-state index contributed by atoms with van der Waals surface area (Å²) in [6.45, 7) is 5.09. The number of benzene rings is 3. The number of nitrogens with one attached hydrogen (secondary N) is 1. The Balaban J connectivity index is 1.61. The molecule has 2 heterocycles. The minimum absolute atomic E-state index is 0.132. The van der Waals surface area contributed by atoms with Gasteiger partial charge in [0.1, 0.15) is 5.75 Å². The smallest absolute Gasteiger partial charge is 0.322 e. The van der Waals surface area contributed by atoms with Gasteiger partial charge in [0.2, 0.25) is 0 Å². The summed E-state index contributed by atoms with van der Waals surface area (Å²) in [7, 11) is 0. The maximum Gasteiger partial charge on any atom is 0.322 e. The first-order valence-electron chi connectivity index (χ1n) is 11.3. The molecule has 0 bridgehead atoms. The molecule has 0 aliphatic carbocycles. The van der Waals surface area contributed by atoms with Gasteiger partial charge >= 0.3 is 6.03 Å². The molecule has 2 amide bonds. The van der Waals surface area contributed by atoms with Gasteiger partial charge in [-0.2, -0.15) is 0 Å². The molecule has 1 N–H and O–H groups in total. The highest BCUT2D eigenvalue weighted by Crippen LogP contribution is 2.37. The minimum Gasteiger partial charge on any atom is -0.494 e. The number of para-hydroxylation sites is 2. The number of hydrogen-bond donors (Lipinski definition) is 1. The van der Waals surface area contributed by atoms with Gasteiger partial charge in [0.15, 0.2) is 0 Å². The molecule has 0 fully saturated rings. The van der Waals surface area contributed by atoms with E-state index in [1.807, 2.05) is 73.3 Å². The van der Waals surface area contributed by atoms with E-state index in [1.165, 1.54) is 0 Å². The summed E-state index contributed by atoms with van der Waals surface area (Å²) < 4.78 is 7.84. The summed E-state index contributed by atoms with van der Waals surface area (Å²) >= 11 is 0. The van der Waals surface area contributed by atoms with Gasteiger partial charge in [-0.05, 0) is 66.9 Å². The van der Waals surface area contributed by atoms with Gasteiger partial charge in [0.05, 0.1) is 24.9 Å². The Hall–Kier alpha value is -3.99. The van der Waals surface area contributed by atoms with Gasteiger partial charge in [0, 0.05) is 17.6 Å². The summed E-state index contributed by atoms with van der Waals surface area (Å²) in [5, 5.41) is 3.15. The third-order valence-corrected chi connectivity index (χ3v) is 6.12. The van der Waals surface area contributed by atoms with Crippen LogP contribution in [0.15, 0.2) is 91.1 Å². The number of rotatable bonds is 4. The van der Waals surface area contributed by atoms with Crippen LogP contribution in [0, 0.1) is 6.92 Å². The molecule has 1 unspecified atom stereocenters. The van der Waals surface area contributed by atoms with E-state index in [-0.39, 0.29) is 12.1 Å². The molecule has 0 radical (unpaired) electrons. The quantitative estimate of drug-likeness (QED) is 0.406. The molecule has 1 aliphatic rings. The molecule has 3 aromatic carbocycles. The van der Waals surface area contributed by atoms with E-state index >= 15 is 0 Å². The Kier molecular flexibility index (Phi) is 5.61. The zero-order valence-corrected chi connectivity index (χ0v) is 18.9. The van der Waals surface area contributed by atoms with Crippen molar-refractivity contribution >= 4 is 11.7 Å². The zero-order chi connectivity index (χ0) is 22.8. The third-order valence-electron chi connectivity index (χ3n) is 6.12. The fourth-order valence-corrected chi connectivity index (χ4v) is 4.50. The van der Waals surface area contributed by atoms with Gasteiger partial charge in [-0.15, -0.1) is 0 Å². The topological polar surface area (TPSA) is 46.5 Å². The van der Waals surface area contributed by atoms with Crippen LogP contribution in [0.25, 0.3) is 5.69 Å². The number of carbonyl (C=O) groups excluding carboxylic acids is 1. The number of anilines is 1. The molecule has 5 nitrogen and oxygen atoms in total. The second kappa shape index (κ2) is 8.87.